The van der Waals surface area contributed by atoms with Crippen LogP contribution in [0.5, 0.6) is 5.75 Å². The Balaban J connectivity index is 2.18. The highest BCUT2D eigenvalue weighted by molar-refractivity contribution is 5.32. The first-order chi connectivity index (χ1) is 7.81. The van der Waals surface area contributed by atoms with Crippen LogP contribution in [0.1, 0.15) is 11.6 Å². The Morgan fingerprint density at radius 1 is 1.38 bits per heavy atom. The molecule has 0 spiro atoms. The molecule has 0 saturated carbocycles. The molecule has 4 nitrogen and oxygen atoms in total. The molecule has 1 unspecified atom stereocenters. The van der Waals surface area contributed by atoms with Gasteiger partial charge in [-0.15, -0.1) is 0 Å². The maximum atomic E-state index is 9.40. The minimum atomic E-state index is -0.295. The molecule has 0 aliphatic carbocycles. The van der Waals surface area contributed by atoms with Crippen molar-refractivity contribution >= 4 is 0 Å². The van der Waals surface area contributed by atoms with Crippen molar-refractivity contribution in [1.82, 2.24) is 4.90 Å². The van der Waals surface area contributed by atoms with Gasteiger partial charge in [0.1, 0.15) is 11.8 Å². The van der Waals surface area contributed by atoms with Gasteiger partial charge < -0.3 is 9.84 Å². The van der Waals surface area contributed by atoms with E-state index in [-0.39, 0.29) is 11.8 Å². The van der Waals surface area contributed by atoms with Gasteiger partial charge in [0.05, 0.1) is 19.3 Å². The Bertz CT molecular complexity index is 394. The molecule has 1 heterocycles. The molecule has 0 radical (unpaired) electrons. The van der Waals surface area contributed by atoms with E-state index in [1.807, 2.05) is 6.07 Å². The Labute approximate surface area is 94.7 Å². The first-order valence-corrected chi connectivity index (χ1v) is 5.31. The summed E-state index contributed by atoms with van der Waals surface area (Å²) in [5.74, 6) is 0.200. The molecule has 1 atom stereocenters. The van der Waals surface area contributed by atoms with Crippen molar-refractivity contribution in [3.63, 3.8) is 0 Å². The number of rotatable bonds is 2. The summed E-state index contributed by atoms with van der Waals surface area (Å²) >= 11 is 0. The molecule has 1 aliphatic heterocycles. The van der Waals surface area contributed by atoms with Crippen molar-refractivity contribution in [1.29, 1.82) is 5.26 Å². The van der Waals surface area contributed by atoms with E-state index >= 15 is 0 Å². The average Bonchev–Trinajstić information content (AvgIpc) is 2.31. The fourth-order valence-electron chi connectivity index (χ4n) is 1.90. The molecule has 1 aromatic carbocycles. The summed E-state index contributed by atoms with van der Waals surface area (Å²) in [6, 6.07) is 8.85. The van der Waals surface area contributed by atoms with Crippen LogP contribution in [0.25, 0.3) is 0 Å². The predicted octanol–water partition coefficient (Wildman–Crippen LogP) is 1.29. The number of morpholine rings is 1. The van der Waals surface area contributed by atoms with Crippen molar-refractivity contribution in [2.45, 2.75) is 6.04 Å². The van der Waals surface area contributed by atoms with Gasteiger partial charge in [0.2, 0.25) is 0 Å². The number of nitrogens with zero attached hydrogens (tertiary/aromatic N) is 2. The molecule has 1 aromatic rings. The van der Waals surface area contributed by atoms with Crippen molar-refractivity contribution in [2.24, 2.45) is 0 Å². The van der Waals surface area contributed by atoms with E-state index in [1.165, 1.54) is 0 Å². The molecular formula is C12H14N2O2. The van der Waals surface area contributed by atoms with Crippen LogP contribution in [0.3, 0.4) is 0 Å². The van der Waals surface area contributed by atoms with Crippen molar-refractivity contribution < 1.29 is 9.84 Å². The second kappa shape index (κ2) is 4.97. The van der Waals surface area contributed by atoms with Crippen molar-refractivity contribution in [3.8, 4) is 11.8 Å². The van der Waals surface area contributed by atoms with Gasteiger partial charge in [0.15, 0.2) is 0 Å². The van der Waals surface area contributed by atoms with Gasteiger partial charge in [0.25, 0.3) is 0 Å². The Kier molecular flexibility index (Phi) is 3.40. The lowest BCUT2D eigenvalue weighted by atomic mass is 10.1. The normalized spacial score (nSPS) is 18.9. The Hall–Kier alpha value is -1.57. The van der Waals surface area contributed by atoms with Crippen LogP contribution in [0.2, 0.25) is 0 Å². The SMILES string of the molecule is N#CC(c1cccc(O)c1)N1CCOCC1. The number of hydrogen-bond acceptors (Lipinski definition) is 4. The number of aromatic hydroxyl groups is 1. The van der Waals surface area contributed by atoms with E-state index in [2.05, 4.69) is 11.0 Å². The fourth-order valence-corrected chi connectivity index (χ4v) is 1.90. The topological polar surface area (TPSA) is 56.5 Å². The minimum Gasteiger partial charge on any atom is -0.508 e. The van der Waals surface area contributed by atoms with Gasteiger partial charge in [0, 0.05) is 13.1 Å². The molecule has 1 aliphatic rings. The molecule has 0 amide bonds. The number of benzene rings is 1. The highest BCUT2D eigenvalue weighted by Crippen LogP contribution is 2.23. The summed E-state index contributed by atoms with van der Waals surface area (Å²) < 4.78 is 5.25. The van der Waals surface area contributed by atoms with Crippen LogP contribution in [0, 0.1) is 11.3 Å². The van der Waals surface area contributed by atoms with E-state index in [9.17, 15) is 10.4 Å². The first kappa shape index (κ1) is 10.9. The summed E-state index contributed by atoms with van der Waals surface area (Å²) in [6.45, 7) is 2.84. The third kappa shape index (κ3) is 2.32. The largest absolute Gasteiger partial charge is 0.508 e. The van der Waals surface area contributed by atoms with Crippen LogP contribution >= 0.6 is 0 Å². The molecule has 84 valence electrons. The summed E-state index contributed by atoms with van der Waals surface area (Å²) in [5.41, 5.74) is 0.837. The number of nitriles is 1. The highest BCUT2D eigenvalue weighted by Gasteiger charge is 2.22. The number of ether oxygens (including phenoxy) is 1. The molecule has 1 N–H and O–H groups in total. The van der Waals surface area contributed by atoms with E-state index in [0.29, 0.717) is 13.2 Å². The first-order valence-electron chi connectivity index (χ1n) is 5.31. The van der Waals surface area contributed by atoms with Crippen LogP contribution in [0.15, 0.2) is 24.3 Å². The number of hydrogen-bond donors (Lipinski definition) is 1. The minimum absolute atomic E-state index is 0.200. The zero-order chi connectivity index (χ0) is 11.4. The quantitative estimate of drug-likeness (QED) is 0.812. The third-order valence-electron chi connectivity index (χ3n) is 2.72. The van der Waals surface area contributed by atoms with E-state index in [1.54, 1.807) is 18.2 Å². The van der Waals surface area contributed by atoms with Crippen molar-refractivity contribution in [3.05, 3.63) is 29.8 Å². The fraction of sp³-hybridized carbons (Fsp3) is 0.417. The summed E-state index contributed by atoms with van der Waals surface area (Å²) in [7, 11) is 0. The third-order valence-corrected chi connectivity index (χ3v) is 2.72. The standard InChI is InChI=1S/C12H14N2O2/c13-9-12(14-4-6-16-7-5-14)10-2-1-3-11(15)8-10/h1-3,8,12,15H,4-7H2. The van der Waals surface area contributed by atoms with Crippen molar-refractivity contribution in [2.75, 3.05) is 26.3 Å². The molecule has 16 heavy (non-hydrogen) atoms. The highest BCUT2D eigenvalue weighted by atomic mass is 16.5. The summed E-state index contributed by atoms with van der Waals surface area (Å²) in [4.78, 5) is 2.07. The second-order valence-electron chi connectivity index (χ2n) is 3.77. The lowest BCUT2D eigenvalue weighted by molar-refractivity contribution is 0.0266. The lowest BCUT2D eigenvalue weighted by Gasteiger charge is -2.30. The molecular weight excluding hydrogens is 204 g/mol. The lowest BCUT2D eigenvalue weighted by Crippen LogP contribution is -2.38. The van der Waals surface area contributed by atoms with Gasteiger partial charge in [-0.1, -0.05) is 12.1 Å². The summed E-state index contributed by atoms with van der Waals surface area (Å²) in [5, 5.41) is 18.6. The predicted molar refractivity (Wildman–Crippen MR) is 58.9 cm³/mol. The van der Waals surface area contributed by atoms with Gasteiger partial charge >= 0.3 is 0 Å². The second-order valence-corrected chi connectivity index (χ2v) is 3.77. The smallest absolute Gasteiger partial charge is 0.124 e. The zero-order valence-electron chi connectivity index (χ0n) is 8.97. The maximum Gasteiger partial charge on any atom is 0.124 e. The molecule has 4 heteroatoms. The van der Waals surface area contributed by atoms with Crippen LogP contribution in [-0.4, -0.2) is 36.3 Å². The number of phenolic OH excluding ortho intramolecular Hbond substituents is 1. The van der Waals surface area contributed by atoms with E-state index < -0.39 is 0 Å². The van der Waals surface area contributed by atoms with Gasteiger partial charge in [-0.25, -0.2) is 0 Å². The summed E-state index contributed by atoms with van der Waals surface area (Å²) in [6.07, 6.45) is 0. The average molecular weight is 218 g/mol. The molecule has 0 bridgehead atoms. The van der Waals surface area contributed by atoms with Gasteiger partial charge in [-0.2, -0.15) is 5.26 Å². The molecule has 1 saturated heterocycles. The van der Waals surface area contributed by atoms with Gasteiger partial charge in [-0.05, 0) is 17.7 Å². The monoisotopic (exact) mass is 218 g/mol. The number of phenols is 1. The Morgan fingerprint density at radius 3 is 2.75 bits per heavy atom. The van der Waals surface area contributed by atoms with E-state index in [4.69, 9.17) is 4.74 Å². The van der Waals surface area contributed by atoms with Crippen LogP contribution in [0.4, 0.5) is 0 Å². The Morgan fingerprint density at radius 2 is 2.12 bits per heavy atom. The maximum absolute atomic E-state index is 9.40. The molecule has 0 aromatic heterocycles. The van der Waals surface area contributed by atoms with Crippen LogP contribution < -0.4 is 0 Å². The van der Waals surface area contributed by atoms with Crippen LogP contribution in [-0.2, 0) is 4.74 Å². The van der Waals surface area contributed by atoms with E-state index in [0.717, 1.165) is 18.7 Å². The zero-order valence-corrected chi connectivity index (χ0v) is 8.97. The van der Waals surface area contributed by atoms with Gasteiger partial charge in [-0.3, -0.25) is 4.90 Å². The molecule has 1 fully saturated rings. The molecule has 2 rings (SSSR count).